The highest BCUT2D eigenvalue weighted by molar-refractivity contribution is 7.21. The number of nitrogens with one attached hydrogen (secondary N) is 1. The van der Waals surface area contributed by atoms with Gasteiger partial charge in [-0.25, -0.2) is 4.98 Å². The lowest BCUT2D eigenvalue weighted by Crippen LogP contribution is -2.37. The Morgan fingerprint density at radius 2 is 2.07 bits per heavy atom. The van der Waals surface area contributed by atoms with E-state index in [1.54, 1.807) is 6.34 Å². The van der Waals surface area contributed by atoms with Gasteiger partial charge in [0.15, 0.2) is 6.29 Å². The molecule has 1 fully saturated rings. The van der Waals surface area contributed by atoms with Crippen molar-refractivity contribution in [1.82, 2.24) is 4.98 Å². The molecule has 27 heavy (non-hydrogen) atoms. The minimum atomic E-state index is 0.269. The number of hydrogen-bond donors (Lipinski definition) is 1. The molecule has 1 saturated heterocycles. The van der Waals surface area contributed by atoms with E-state index in [2.05, 4.69) is 47.9 Å². The second kappa shape index (κ2) is 11.0. The standard InChI is InChI=1S/C16H20N4OS.C5H12/c1-3-11(2)18-10-19-15-13(9-21)22-16-14(15)12(5-6-17-16)20-7-4-8-20;1-3-5-4-2/h5-6,9-11H,3-4,7-8H2,1-2H3,(H,18,19);3-5H2,1-2H3. The first-order valence-electron chi connectivity index (χ1n) is 10.1. The Kier molecular flexibility index (Phi) is 8.72. The maximum Gasteiger partial charge on any atom is 0.162 e. The summed E-state index contributed by atoms with van der Waals surface area (Å²) in [5, 5.41) is 4.25. The summed E-state index contributed by atoms with van der Waals surface area (Å²) in [6.45, 7) is 10.7. The molecule has 148 valence electrons. The number of pyridine rings is 1. The maximum atomic E-state index is 11.4. The van der Waals surface area contributed by atoms with Crippen molar-refractivity contribution in [3.05, 3.63) is 17.1 Å². The molecule has 3 heterocycles. The topological polar surface area (TPSA) is 57.6 Å². The molecule has 0 radical (unpaired) electrons. The second-order valence-corrected chi connectivity index (χ2v) is 7.87. The highest BCUT2D eigenvalue weighted by atomic mass is 32.1. The summed E-state index contributed by atoms with van der Waals surface area (Å²) in [5.41, 5.74) is 1.98. The van der Waals surface area contributed by atoms with Gasteiger partial charge in [0.1, 0.15) is 4.83 Å². The predicted octanol–water partition coefficient (Wildman–Crippen LogP) is 5.75. The molecule has 1 aliphatic rings. The Labute approximate surface area is 166 Å². The minimum Gasteiger partial charge on any atom is -0.371 e. The predicted molar refractivity (Wildman–Crippen MR) is 119 cm³/mol. The first-order valence-corrected chi connectivity index (χ1v) is 10.9. The van der Waals surface area contributed by atoms with Crippen molar-refractivity contribution < 1.29 is 4.79 Å². The van der Waals surface area contributed by atoms with Gasteiger partial charge in [0.05, 0.1) is 28.0 Å². The summed E-state index contributed by atoms with van der Waals surface area (Å²) in [4.78, 5) is 24.1. The quantitative estimate of drug-likeness (QED) is 0.355. The number of nitrogens with zero attached hydrogens (tertiary/aromatic N) is 3. The summed E-state index contributed by atoms with van der Waals surface area (Å²) >= 11 is 1.42. The van der Waals surface area contributed by atoms with Gasteiger partial charge in [0.25, 0.3) is 0 Å². The fraction of sp³-hybridized carbons (Fsp3) is 0.571. The van der Waals surface area contributed by atoms with Crippen LogP contribution in [0.5, 0.6) is 0 Å². The fourth-order valence-corrected chi connectivity index (χ4v) is 3.70. The zero-order valence-electron chi connectivity index (χ0n) is 17.0. The van der Waals surface area contributed by atoms with Gasteiger partial charge < -0.3 is 10.2 Å². The Bertz CT molecular complexity index is 750. The summed E-state index contributed by atoms with van der Waals surface area (Å²) in [7, 11) is 0. The van der Waals surface area contributed by atoms with Crippen LogP contribution >= 0.6 is 11.3 Å². The van der Waals surface area contributed by atoms with E-state index in [1.165, 1.54) is 37.0 Å². The number of anilines is 2. The second-order valence-electron chi connectivity index (χ2n) is 6.84. The van der Waals surface area contributed by atoms with Crippen molar-refractivity contribution in [3.8, 4) is 0 Å². The molecule has 6 heteroatoms. The monoisotopic (exact) mass is 388 g/mol. The molecule has 2 aromatic rings. The third kappa shape index (κ3) is 5.51. The van der Waals surface area contributed by atoms with Crippen LogP contribution in [0.4, 0.5) is 11.4 Å². The largest absolute Gasteiger partial charge is 0.371 e. The molecule has 0 aliphatic carbocycles. The Morgan fingerprint density at radius 3 is 2.59 bits per heavy atom. The summed E-state index contributed by atoms with van der Waals surface area (Å²) in [6.07, 6.45) is 10.7. The van der Waals surface area contributed by atoms with E-state index >= 15 is 0 Å². The average Bonchev–Trinajstić information content (AvgIpc) is 3.00. The number of carbonyl (C=O) groups excluding carboxylic acids is 1. The SMILES string of the molecule is CCC(C)N=CNc1c(C=O)sc2nccc(N3CCC3)c12.CCCCC. The van der Waals surface area contributed by atoms with E-state index in [-0.39, 0.29) is 6.04 Å². The van der Waals surface area contributed by atoms with Crippen LogP contribution in [0, 0.1) is 0 Å². The van der Waals surface area contributed by atoms with Gasteiger partial charge in [0.2, 0.25) is 0 Å². The number of aromatic nitrogens is 1. The van der Waals surface area contributed by atoms with Crippen molar-refractivity contribution in [1.29, 1.82) is 0 Å². The molecule has 1 unspecified atom stereocenters. The van der Waals surface area contributed by atoms with Crippen molar-refractivity contribution in [2.45, 2.75) is 65.8 Å². The summed E-state index contributed by atoms with van der Waals surface area (Å²) in [5.74, 6) is 0. The van der Waals surface area contributed by atoms with Gasteiger partial charge in [-0.3, -0.25) is 9.79 Å². The van der Waals surface area contributed by atoms with Crippen molar-refractivity contribution in [3.63, 3.8) is 0 Å². The van der Waals surface area contributed by atoms with E-state index < -0.39 is 0 Å². The smallest absolute Gasteiger partial charge is 0.162 e. The van der Waals surface area contributed by atoms with Crippen molar-refractivity contribution in [2.24, 2.45) is 4.99 Å². The zero-order chi connectivity index (χ0) is 19.6. The number of aldehydes is 1. The van der Waals surface area contributed by atoms with Gasteiger partial charge in [-0.1, -0.05) is 40.0 Å². The third-order valence-corrected chi connectivity index (χ3v) is 5.76. The first-order chi connectivity index (χ1) is 13.2. The molecule has 3 rings (SSSR count). The van der Waals surface area contributed by atoms with Crippen LogP contribution in [0.3, 0.4) is 0 Å². The number of hydrogen-bond acceptors (Lipinski definition) is 5. The van der Waals surface area contributed by atoms with E-state index in [4.69, 9.17) is 0 Å². The third-order valence-electron chi connectivity index (χ3n) is 4.74. The Morgan fingerprint density at radius 1 is 1.33 bits per heavy atom. The minimum absolute atomic E-state index is 0.269. The normalized spacial score (nSPS) is 14.6. The van der Waals surface area contributed by atoms with Gasteiger partial charge in [-0.2, -0.15) is 0 Å². The van der Waals surface area contributed by atoms with E-state index in [0.29, 0.717) is 4.88 Å². The molecule has 1 N–H and O–H groups in total. The van der Waals surface area contributed by atoms with E-state index in [1.807, 2.05) is 12.3 Å². The van der Waals surface area contributed by atoms with Gasteiger partial charge in [-0.15, -0.1) is 11.3 Å². The number of rotatable bonds is 8. The van der Waals surface area contributed by atoms with Crippen molar-refractivity contribution >= 4 is 45.6 Å². The van der Waals surface area contributed by atoms with E-state index in [0.717, 1.165) is 47.4 Å². The highest BCUT2D eigenvalue weighted by Gasteiger charge is 2.22. The summed E-state index contributed by atoms with van der Waals surface area (Å²) in [6, 6.07) is 2.30. The van der Waals surface area contributed by atoms with Gasteiger partial charge >= 0.3 is 0 Å². The first kappa shape index (κ1) is 21.4. The lowest BCUT2D eigenvalue weighted by molar-refractivity contribution is 0.112. The Hall–Kier alpha value is -1.95. The van der Waals surface area contributed by atoms with Crippen LogP contribution in [0.15, 0.2) is 17.3 Å². The van der Waals surface area contributed by atoms with Crippen LogP contribution in [-0.2, 0) is 0 Å². The molecule has 5 nitrogen and oxygen atoms in total. The van der Waals surface area contributed by atoms with Crippen LogP contribution in [-0.4, -0.2) is 36.7 Å². The lowest BCUT2D eigenvalue weighted by Gasteiger charge is -2.33. The highest BCUT2D eigenvalue weighted by Crippen LogP contribution is 2.40. The van der Waals surface area contributed by atoms with Crippen LogP contribution in [0.2, 0.25) is 0 Å². The lowest BCUT2D eigenvalue weighted by atomic mass is 10.1. The number of aliphatic imine (C=N–C) groups is 1. The maximum absolute atomic E-state index is 11.4. The molecule has 2 aromatic heterocycles. The van der Waals surface area contributed by atoms with Crippen LogP contribution in [0.25, 0.3) is 10.2 Å². The molecule has 0 saturated carbocycles. The average molecular weight is 389 g/mol. The number of fused-ring (bicyclic) bond motifs is 1. The molecular formula is C21H32N4OS. The van der Waals surface area contributed by atoms with E-state index in [9.17, 15) is 4.79 Å². The summed E-state index contributed by atoms with van der Waals surface area (Å²) < 4.78 is 0. The van der Waals surface area contributed by atoms with Crippen molar-refractivity contribution in [2.75, 3.05) is 23.3 Å². The molecular weight excluding hydrogens is 356 g/mol. The number of unbranched alkanes of at least 4 members (excludes halogenated alkanes) is 2. The molecule has 0 aromatic carbocycles. The van der Waals surface area contributed by atoms with Gasteiger partial charge in [-0.05, 0) is 25.8 Å². The van der Waals surface area contributed by atoms with Crippen LogP contribution in [0.1, 0.15) is 69.5 Å². The Balaban J connectivity index is 0.000000465. The molecule has 0 amide bonds. The molecule has 0 bridgehead atoms. The van der Waals surface area contributed by atoms with Crippen LogP contribution < -0.4 is 10.2 Å². The zero-order valence-corrected chi connectivity index (χ0v) is 17.8. The molecule has 0 spiro atoms. The number of thiophene rings is 1. The number of carbonyl (C=O) groups is 1. The molecule has 1 aliphatic heterocycles. The van der Waals surface area contributed by atoms with Gasteiger partial charge in [0, 0.05) is 25.3 Å². The molecule has 1 atom stereocenters. The fourth-order valence-electron chi connectivity index (χ4n) is 2.76.